The number of benzene rings is 2. The quantitative estimate of drug-likeness (QED) is 0.813. The van der Waals surface area contributed by atoms with Crippen LogP contribution >= 0.6 is 0 Å². The van der Waals surface area contributed by atoms with Crippen LogP contribution in [-0.2, 0) is 22.6 Å². The minimum atomic E-state index is -0.614. The van der Waals surface area contributed by atoms with Gasteiger partial charge in [0.05, 0.1) is 6.42 Å². The molecule has 0 heterocycles. The summed E-state index contributed by atoms with van der Waals surface area (Å²) >= 11 is 0. The van der Waals surface area contributed by atoms with Gasteiger partial charge in [0.2, 0.25) is 11.8 Å². The first kappa shape index (κ1) is 18.6. The lowest BCUT2D eigenvalue weighted by atomic mass is 10.0. The van der Waals surface area contributed by atoms with Crippen molar-refractivity contribution in [3.63, 3.8) is 0 Å². The molecule has 2 amide bonds. The van der Waals surface area contributed by atoms with Crippen LogP contribution in [0.5, 0.6) is 0 Å². The molecule has 0 saturated carbocycles. The van der Waals surface area contributed by atoms with Gasteiger partial charge < -0.3 is 10.6 Å². The van der Waals surface area contributed by atoms with Crippen LogP contribution < -0.4 is 10.6 Å². The normalized spacial score (nSPS) is 11.8. The minimum absolute atomic E-state index is 0.0482. The van der Waals surface area contributed by atoms with Crippen molar-refractivity contribution in [3.05, 3.63) is 71.5 Å². The maximum absolute atomic E-state index is 12.9. The number of carbonyl (C=O) groups excluding carboxylic acids is 2. The van der Waals surface area contributed by atoms with Gasteiger partial charge in [-0.2, -0.15) is 0 Å². The Morgan fingerprint density at radius 3 is 2.20 bits per heavy atom. The van der Waals surface area contributed by atoms with Crippen LogP contribution in [0.2, 0.25) is 0 Å². The lowest BCUT2D eigenvalue weighted by Crippen LogP contribution is -2.49. The van der Waals surface area contributed by atoms with E-state index in [1.807, 2.05) is 44.2 Å². The molecule has 4 nitrogen and oxygen atoms in total. The molecule has 0 fully saturated rings. The van der Waals surface area contributed by atoms with Crippen molar-refractivity contribution < 1.29 is 14.0 Å². The highest BCUT2D eigenvalue weighted by Gasteiger charge is 2.23. The van der Waals surface area contributed by atoms with E-state index in [1.54, 1.807) is 12.1 Å². The largest absolute Gasteiger partial charge is 0.350 e. The fourth-order valence-corrected chi connectivity index (χ4v) is 2.44. The van der Waals surface area contributed by atoms with E-state index in [2.05, 4.69) is 10.6 Å². The van der Waals surface area contributed by atoms with Gasteiger partial charge in [-0.3, -0.25) is 9.59 Å². The predicted molar refractivity (Wildman–Crippen MR) is 95.2 cm³/mol. The third-order valence-electron chi connectivity index (χ3n) is 3.85. The molecule has 25 heavy (non-hydrogen) atoms. The van der Waals surface area contributed by atoms with Gasteiger partial charge in [-0.1, -0.05) is 56.3 Å². The summed E-state index contributed by atoms with van der Waals surface area (Å²) in [4.78, 5) is 24.6. The molecule has 2 rings (SSSR count). The van der Waals surface area contributed by atoms with Crippen molar-refractivity contribution in [2.75, 3.05) is 0 Å². The summed E-state index contributed by atoms with van der Waals surface area (Å²) in [6.45, 7) is 4.05. The molecule has 0 bridgehead atoms. The first-order valence-electron chi connectivity index (χ1n) is 8.31. The maximum Gasteiger partial charge on any atom is 0.243 e. The number of hydrogen-bond acceptors (Lipinski definition) is 2. The molecule has 2 aromatic rings. The van der Waals surface area contributed by atoms with Crippen LogP contribution in [0.3, 0.4) is 0 Å². The molecule has 132 valence electrons. The highest BCUT2D eigenvalue weighted by atomic mass is 19.1. The molecule has 0 unspecified atom stereocenters. The zero-order chi connectivity index (χ0) is 18.2. The number of halogens is 1. The smallest absolute Gasteiger partial charge is 0.243 e. The molecular weight excluding hydrogens is 319 g/mol. The molecule has 0 saturated heterocycles. The SMILES string of the molecule is CC(C)[C@H](NC(=O)Cc1ccccc1)C(=O)NCc1ccc(F)cc1. The van der Waals surface area contributed by atoms with E-state index >= 15 is 0 Å². The summed E-state index contributed by atoms with van der Waals surface area (Å²) in [5, 5.41) is 5.59. The maximum atomic E-state index is 12.9. The lowest BCUT2D eigenvalue weighted by molar-refractivity contribution is -0.129. The average Bonchev–Trinajstić information content (AvgIpc) is 2.59. The minimum Gasteiger partial charge on any atom is -0.350 e. The van der Waals surface area contributed by atoms with Crippen LogP contribution in [-0.4, -0.2) is 17.9 Å². The van der Waals surface area contributed by atoms with Gasteiger partial charge >= 0.3 is 0 Å². The van der Waals surface area contributed by atoms with E-state index < -0.39 is 6.04 Å². The van der Waals surface area contributed by atoms with Crippen molar-refractivity contribution in [1.29, 1.82) is 0 Å². The zero-order valence-electron chi connectivity index (χ0n) is 14.5. The average molecular weight is 342 g/mol. The monoisotopic (exact) mass is 342 g/mol. The van der Waals surface area contributed by atoms with Crippen molar-refractivity contribution in [3.8, 4) is 0 Å². The summed E-state index contributed by atoms with van der Waals surface area (Å²) in [5.41, 5.74) is 1.70. The highest BCUT2D eigenvalue weighted by molar-refractivity contribution is 5.88. The summed E-state index contributed by atoms with van der Waals surface area (Å²) in [7, 11) is 0. The Bertz CT molecular complexity index is 699. The second-order valence-electron chi connectivity index (χ2n) is 6.30. The molecule has 1 atom stereocenters. The van der Waals surface area contributed by atoms with E-state index in [0.717, 1.165) is 11.1 Å². The molecule has 2 aromatic carbocycles. The first-order valence-corrected chi connectivity index (χ1v) is 8.31. The molecule has 2 N–H and O–H groups in total. The Hall–Kier alpha value is -2.69. The van der Waals surface area contributed by atoms with Gasteiger partial charge in [0.15, 0.2) is 0 Å². The van der Waals surface area contributed by atoms with E-state index in [1.165, 1.54) is 12.1 Å². The second kappa shape index (κ2) is 8.97. The van der Waals surface area contributed by atoms with Crippen LogP contribution in [0.1, 0.15) is 25.0 Å². The number of amides is 2. The zero-order valence-corrected chi connectivity index (χ0v) is 14.5. The van der Waals surface area contributed by atoms with E-state index in [0.29, 0.717) is 0 Å². The number of hydrogen-bond donors (Lipinski definition) is 2. The fourth-order valence-electron chi connectivity index (χ4n) is 2.44. The standard InChI is InChI=1S/C20H23FN2O2/c1-14(2)19(23-18(24)12-15-6-4-3-5-7-15)20(25)22-13-16-8-10-17(21)11-9-16/h3-11,14,19H,12-13H2,1-2H3,(H,22,25)(H,23,24)/t19-/m0/s1. The van der Waals surface area contributed by atoms with Crippen molar-refractivity contribution >= 4 is 11.8 Å². The van der Waals surface area contributed by atoms with Crippen molar-refractivity contribution in [1.82, 2.24) is 10.6 Å². The molecule has 0 aliphatic rings. The third-order valence-corrected chi connectivity index (χ3v) is 3.85. The third kappa shape index (κ3) is 6.03. The van der Waals surface area contributed by atoms with Gasteiger partial charge in [0, 0.05) is 6.54 Å². The van der Waals surface area contributed by atoms with E-state index in [9.17, 15) is 14.0 Å². The van der Waals surface area contributed by atoms with Crippen LogP contribution in [0, 0.1) is 11.7 Å². The Morgan fingerprint density at radius 2 is 1.60 bits per heavy atom. The number of rotatable bonds is 7. The van der Waals surface area contributed by atoms with Crippen molar-refractivity contribution in [2.24, 2.45) is 5.92 Å². The molecule has 5 heteroatoms. The molecule has 0 radical (unpaired) electrons. The van der Waals surface area contributed by atoms with Crippen LogP contribution in [0.25, 0.3) is 0 Å². The molecule has 0 aromatic heterocycles. The van der Waals surface area contributed by atoms with Crippen LogP contribution in [0.4, 0.5) is 4.39 Å². The Morgan fingerprint density at radius 1 is 0.960 bits per heavy atom. The molecule has 0 aliphatic carbocycles. The van der Waals surface area contributed by atoms with Gasteiger partial charge in [-0.05, 0) is 29.2 Å². The fraction of sp³-hybridized carbons (Fsp3) is 0.300. The topological polar surface area (TPSA) is 58.2 Å². The molecular formula is C20H23FN2O2. The number of nitrogens with one attached hydrogen (secondary N) is 2. The Labute approximate surface area is 147 Å². The van der Waals surface area contributed by atoms with Gasteiger partial charge in [0.25, 0.3) is 0 Å². The van der Waals surface area contributed by atoms with E-state index in [-0.39, 0.29) is 36.5 Å². The molecule has 0 aliphatic heterocycles. The van der Waals surface area contributed by atoms with Crippen molar-refractivity contribution in [2.45, 2.75) is 32.9 Å². The van der Waals surface area contributed by atoms with E-state index in [4.69, 9.17) is 0 Å². The summed E-state index contributed by atoms with van der Waals surface area (Å²) in [5.74, 6) is -0.807. The van der Waals surface area contributed by atoms with Gasteiger partial charge in [0.1, 0.15) is 11.9 Å². The Balaban J connectivity index is 1.91. The summed E-state index contributed by atoms with van der Waals surface area (Å²) in [6, 6.07) is 14.7. The molecule has 0 spiro atoms. The second-order valence-corrected chi connectivity index (χ2v) is 6.30. The predicted octanol–water partition coefficient (Wildman–Crippen LogP) is 2.83. The van der Waals surface area contributed by atoms with Gasteiger partial charge in [-0.15, -0.1) is 0 Å². The summed E-state index contributed by atoms with van der Waals surface area (Å²) in [6.07, 6.45) is 0.231. The van der Waals surface area contributed by atoms with Gasteiger partial charge in [-0.25, -0.2) is 4.39 Å². The highest BCUT2D eigenvalue weighted by Crippen LogP contribution is 2.06. The first-order chi connectivity index (χ1) is 12.0. The summed E-state index contributed by atoms with van der Waals surface area (Å²) < 4.78 is 12.9. The Kier molecular flexibility index (Phi) is 6.69. The lowest BCUT2D eigenvalue weighted by Gasteiger charge is -2.22. The van der Waals surface area contributed by atoms with Crippen LogP contribution in [0.15, 0.2) is 54.6 Å². The number of carbonyl (C=O) groups is 2.